The Kier molecular flexibility index (Phi) is 5.52. The van der Waals surface area contributed by atoms with Crippen LogP contribution < -0.4 is 16.0 Å². The second-order valence-electron chi connectivity index (χ2n) is 4.30. The molecular weight excluding hydrogens is 262 g/mol. The topological polar surface area (TPSA) is 108 Å². The third-order valence-electron chi connectivity index (χ3n) is 2.48. The molecule has 108 valence electrons. The smallest absolute Gasteiger partial charge is 0.322 e. The van der Waals surface area contributed by atoms with E-state index in [0.29, 0.717) is 5.69 Å². The van der Waals surface area contributed by atoms with E-state index in [4.69, 9.17) is 5.11 Å². The highest BCUT2D eigenvalue weighted by atomic mass is 16.4. The first kappa shape index (κ1) is 15.5. The van der Waals surface area contributed by atoms with Crippen molar-refractivity contribution in [2.45, 2.75) is 13.8 Å². The van der Waals surface area contributed by atoms with Crippen LogP contribution >= 0.6 is 0 Å². The number of urea groups is 1. The van der Waals surface area contributed by atoms with Gasteiger partial charge in [0, 0.05) is 5.69 Å². The molecule has 7 nitrogen and oxygen atoms in total. The third-order valence-corrected chi connectivity index (χ3v) is 2.48. The predicted octanol–water partition coefficient (Wildman–Crippen LogP) is 0.626. The van der Waals surface area contributed by atoms with E-state index in [0.717, 1.165) is 11.1 Å². The van der Waals surface area contributed by atoms with Crippen molar-refractivity contribution in [2.75, 3.05) is 18.4 Å². The lowest BCUT2D eigenvalue weighted by Crippen LogP contribution is -2.40. The van der Waals surface area contributed by atoms with Gasteiger partial charge in [0.2, 0.25) is 5.91 Å². The summed E-state index contributed by atoms with van der Waals surface area (Å²) in [5, 5.41) is 15.5. The number of benzene rings is 1. The normalized spacial score (nSPS) is 9.70. The van der Waals surface area contributed by atoms with E-state index < -0.39 is 24.5 Å². The van der Waals surface area contributed by atoms with Crippen molar-refractivity contribution in [3.8, 4) is 0 Å². The molecule has 0 unspecified atom stereocenters. The van der Waals surface area contributed by atoms with Crippen molar-refractivity contribution in [2.24, 2.45) is 0 Å². The third kappa shape index (κ3) is 5.38. The van der Waals surface area contributed by atoms with E-state index in [2.05, 4.69) is 16.0 Å². The fraction of sp³-hybridized carbons (Fsp3) is 0.308. The largest absolute Gasteiger partial charge is 0.480 e. The van der Waals surface area contributed by atoms with E-state index in [1.807, 2.05) is 26.0 Å². The molecule has 0 saturated carbocycles. The van der Waals surface area contributed by atoms with E-state index in [9.17, 15) is 14.4 Å². The van der Waals surface area contributed by atoms with Gasteiger partial charge in [0.1, 0.15) is 6.54 Å². The lowest BCUT2D eigenvalue weighted by molar-refractivity contribution is -0.137. The summed E-state index contributed by atoms with van der Waals surface area (Å²) in [7, 11) is 0. The number of rotatable bonds is 5. The first-order valence-corrected chi connectivity index (χ1v) is 5.99. The fourth-order valence-electron chi connectivity index (χ4n) is 1.52. The summed E-state index contributed by atoms with van der Waals surface area (Å²) in [5.74, 6) is -1.71. The van der Waals surface area contributed by atoms with Gasteiger partial charge in [-0.05, 0) is 25.5 Å². The monoisotopic (exact) mass is 279 g/mol. The number of amides is 3. The van der Waals surface area contributed by atoms with Gasteiger partial charge in [-0.15, -0.1) is 0 Å². The highest BCUT2D eigenvalue weighted by Crippen LogP contribution is 2.15. The zero-order valence-electron chi connectivity index (χ0n) is 11.3. The Labute approximate surface area is 116 Å². The summed E-state index contributed by atoms with van der Waals surface area (Å²) >= 11 is 0. The molecule has 0 aliphatic heterocycles. The highest BCUT2D eigenvalue weighted by Gasteiger charge is 2.07. The number of carbonyl (C=O) groups excluding carboxylic acids is 2. The molecule has 0 spiro atoms. The summed E-state index contributed by atoms with van der Waals surface area (Å²) in [6.07, 6.45) is 0. The number of nitrogens with one attached hydrogen (secondary N) is 3. The molecule has 1 aromatic carbocycles. The summed E-state index contributed by atoms with van der Waals surface area (Å²) in [5.41, 5.74) is 2.65. The molecule has 0 fully saturated rings. The van der Waals surface area contributed by atoms with Crippen LogP contribution in [-0.4, -0.2) is 36.1 Å². The van der Waals surface area contributed by atoms with Crippen LogP contribution in [0.5, 0.6) is 0 Å². The Morgan fingerprint density at radius 1 is 1.10 bits per heavy atom. The molecule has 3 amide bonds. The maximum absolute atomic E-state index is 11.6. The number of carboxylic acids is 1. The molecule has 4 N–H and O–H groups in total. The van der Waals surface area contributed by atoms with Crippen molar-refractivity contribution in [3.05, 3.63) is 29.3 Å². The van der Waals surface area contributed by atoms with E-state index >= 15 is 0 Å². The van der Waals surface area contributed by atoms with Gasteiger partial charge in [-0.1, -0.05) is 17.7 Å². The minimum atomic E-state index is -1.14. The van der Waals surface area contributed by atoms with Crippen LogP contribution in [0.3, 0.4) is 0 Å². The molecule has 0 aliphatic carbocycles. The minimum absolute atomic E-state index is 0.288. The average Bonchev–Trinajstić information content (AvgIpc) is 2.37. The van der Waals surface area contributed by atoms with Crippen LogP contribution in [0, 0.1) is 13.8 Å². The van der Waals surface area contributed by atoms with Gasteiger partial charge in [0.25, 0.3) is 0 Å². The predicted molar refractivity (Wildman–Crippen MR) is 73.6 cm³/mol. The van der Waals surface area contributed by atoms with Gasteiger partial charge in [-0.25, -0.2) is 4.79 Å². The molecule has 0 heterocycles. The van der Waals surface area contributed by atoms with Crippen LogP contribution in [-0.2, 0) is 9.59 Å². The van der Waals surface area contributed by atoms with Gasteiger partial charge in [-0.2, -0.15) is 0 Å². The highest BCUT2D eigenvalue weighted by molar-refractivity contribution is 5.93. The second kappa shape index (κ2) is 7.13. The number of aryl methyl sites for hydroxylation is 2. The van der Waals surface area contributed by atoms with Crippen molar-refractivity contribution in [1.82, 2.24) is 10.6 Å². The number of carbonyl (C=O) groups is 3. The number of aliphatic carboxylic acids is 1. The van der Waals surface area contributed by atoms with E-state index in [-0.39, 0.29) is 6.54 Å². The van der Waals surface area contributed by atoms with Gasteiger partial charge in [0.05, 0.1) is 6.54 Å². The zero-order chi connectivity index (χ0) is 15.1. The molecule has 0 aliphatic rings. The van der Waals surface area contributed by atoms with Gasteiger partial charge >= 0.3 is 12.0 Å². The maximum atomic E-state index is 11.6. The van der Waals surface area contributed by atoms with E-state index in [1.165, 1.54) is 0 Å². The number of hydrogen-bond acceptors (Lipinski definition) is 3. The molecule has 0 bridgehead atoms. The van der Waals surface area contributed by atoms with Crippen molar-refractivity contribution >= 4 is 23.6 Å². The minimum Gasteiger partial charge on any atom is -0.480 e. The summed E-state index contributed by atoms with van der Waals surface area (Å²) < 4.78 is 0. The lowest BCUT2D eigenvalue weighted by Gasteiger charge is -2.10. The van der Waals surface area contributed by atoms with Gasteiger partial charge in [-0.3, -0.25) is 9.59 Å². The molecule has 0 radical (unpaired) electrons. The van der Waals surface area contributed by atoms with Gasteiger partial charge < -0.3 is 21.1 Å². The Bertz CT molecular complexity index is 528. The maximum Gasteiger partial charge on any atom is 0.322 e. The number of carboxylic acid groups (broad SMARTS) is 1. The fourth-order valence-corrected chi connectivity index (χ4v) is 1.52. The Morgan fingerprint density at radius 3 is 2.40 bits per heavy atom. The summed E-state index contributed by atoms with van der Waals surface area (Å²) in [6.45, 7) is 3.05. The average molecular weight is 279 g/mol. The summed E-state index contributed by atoms with van der Waals surface area (Å²) in [6, 6.07) is 5.04. The van der Waals surface area contributed by atoms with Crippen LogP contribution in [0.25, 0.3) is 0 Å². The molecule has 7 heteroatoms. The molecule has 0 aromatic heterocycles. The standard InChI is InChI=1S/C13H17N3O4/c1-8-3-4-10(9(2)5-8)16-13(20)15-6-11(17)14-7-12(18)19/h3-5H,6-7H2,1-2H3,(H,14,17)(H,18,19)(H2,15,16,20). The molecular formula is C13H17N3O4. The molecule has 0 saturated heterocycles. The Balaban J connectivity index is 2.40. The molecule has 0 atom stereocenters. The number of hydrogen-bond donors (Lipinski definition) is 4. The second-order valence-corrected chi connectivity index (χ2v) is 4.30. The Morgan fingerprint density at radius 2 is 1.80 bits per heavy atom. The zero-order valence-corrected chi connectivity index (χ0v) is 11.3. The van der Waals surface area contributed by atoms with Gasteiger partial charge in [0.15, 0.2) is 0 Å². The van der Waals surface area contributed by atoms with Crippen molar-refractivity contribution < 1.29 is 19.5 Å². The van der Waals surface area contributed by atoms with Crippen LogP contribution in [0.4, 0.5) is 10.5 Å². The Hall–Kier alpha value is -2.57. The SMILES string of the molecule is Cc1ccc(NC(=O)NCC(=O)NCC(=O)O)c(C)c1. The van der Waals surface area contributed by atoms with E-state index in [1.54, 1.807) is 6.07 Å². The number of anilines is 1. The first-order valence-electron chi connectivity index (χ1n) is 5.99. The molecule has 20 heavy (non-hydrogen) atoms. The van der Waals surface area contributed by atoms with Crippen molar-refractivity contribution in [3.63, 3.8) is 0 Å². The summed E-state index contributed by atoms with van der Waals surface area (Å²) in [4.78, 5) is 33.0. The molecule has 1 aromatic rings. The van der Waals surface area contributed by atoms with Crippen LogP contribution in [0.2, 0.25) is 0 Å². The van der Waals surface area contributed by atoms with Crippen LogP contribution in [0.1, 0.15) is 11.1 Å². The first-order chi connectivity index (χ1) is 9.38. The van der Waals surface area contributed by atoms with Crippen molar-refractivity contribution in [1.29, 1.82) is 0 Å². The molecule has 1 rings (SSSR count). The lowest BCUT2D eigenvalue weighted by atomic mass is 10.1. The van der Waals surface area contributed by atoms with Crippen LogP contribution in [0.15, 0.2) is 18.2 Å². The quantitative estimate of drug-likeness (QED) is 0.634.